The van der Waals surface area contributed by atoms with Crippen molar-refractivity contribution < 1.29 is 0 Å². The number of anilines is 1. The molecule has 0 atom stereocenters. The molecule has 2 fully saturated rings. The maximum atomic E-state index is 6.84. The van der Waals surface area contributed by atoms with Crippen molar-refractivity contribution in [2.24, 2.45) is 11.3 Å². The van der Waals surface area contributed by atoms with E-state index >= 15 is 0 Å². The van der Waals surface area contributed by atoms with Gasteiger partial charge in [-0.3, -0.25) is 0 Å². The van der Waals surface area contributed by atoms with Gasteiger partial charge in [-0.05, 0) is 98.6 Å². The second-order valence-corrected chi connectivity index (χ2v) is 12.5. The van der Waals surface area contributed by atoms with Crippen molar-refractivity contribution in [3.05, 3.63) is 51.2 Å². The van der Waals surface area contributed by atoms with E-state index in [-0.39, 0.29) is 0 Å². The summed E-state index contributed by atoms with van der Waals surface area (Å²) in [6.45, 7) is 12.1. The van der Waals surface area contributed by atoms with Crippen LogP contribution in [0, 0.1) is 23.2 Å². The van der Waals surface area contributed by atoms with Crippen molar-refractivity contribution in [3.63, 3.8) is 0 Å². The van der Waals surface area contributed by atoms with Crippen molar-refractivity contribution in [2.75, 3.05) is 30.8 Å². The Bertz CT molecular complexity index is 1060. The number of allylic oxidation sites excluding steroid dienone is 3. The monoisotopic (exact) mass is 538 g/mol. The molecule has 2 nitrogen and oxygen atoms in total. The zero-order valence-electron chi connectivity index (χ0n) is 23.9. The lowest BCUT2D eigenvalue weighted by Crippen LogP contribution is -2.59. The molecule has 2 aliphatic heterocycles. The van der Waals surface area contributed by atoms with Crippen LogP contribution >= 0.6 is 23.5 Å². The molecule has 0 radical (unpaired) electrons. The molecule has 0 N–H and O–H groups in total. The number of rotatable bonds is 8. The van der Waals surface area contributed by atoms with E-state index in [4.69, 9.17) is 11.6 Å². The molecule has 1 saturated carbocycles. The molecule has 4 aliphatic rings. The van der Waals surface area contributed by atoms with Crippen LogP contribution in [0.15, 0.2) is 35.1 Å². The summed E-state index contributed by atoms with van der Waals surface area (Å²) in [4.78, 5) is 2.53. The number of hydrogen-bond acceptors (Lipinski definition) is 3. The molecule has 1 spiro atoms. The lowest BCUT2D eigenvalue weighted by Gasteiger charge is -2.58. The molecule has 5 rings (SSSR count). The largest absolute Gasteiger partial charge is 0.344 e. The van der Waals surface area contributed by atoms with Gasteiger partial charge >= 0.3 is 0 Å². The SMILES string of the molecule is CC.CCC#Cc1cc(N2CCC3=C2CCC(CCC2CC4(C2)CN(SC)C4)=C3)cc(Cl)c1CCCC. The Balaban J connectivity index is 0.00000156. The Labute approximate surface area is 236 Å². The Kier molecular flexibility index (Phi) is 10.2. The van der Waals surface area contributed by atoms with Crippen molar-refractivity contribution in [1.82, 2.24) is 4.31 Å². The summed E-state index contributed by atoms with van der Waals surface area (Å²) in [5.74, 6) is 7.67. The third-order valence-electron chi connectivity index (χ3n) is 8.63. The molecule has 1 aromatic carbocycles. The van der Waals surface area contributed by atoms with Crippen LogP contribution in [-0.4, -0.2) is 30.2 Å². The molecule has 0 bridgehead atoms. The lowest BCUT2D eigenvalue weighted by molar-refractivity contribution is -0.0501. The highest BCUT2D eigenvalue weighted by atomic mass is 35.5. The summed E-state index contributed by atoms with van der Waals surface area (Å²) >= 11 is 8.76. The molecule has 202 valence electrons. The minimum absolute atomic E-state index is 0.698. The average molecular weight is 539 g/mol. The number of nitrogens with zero attached hydrogens (tertiary/aromatic N) is 2. The van der Waals surface area contributed by atoms with Gasteiger partial charge in [0.15, 0.2) is 0 Å². The zero-order valence-corrected chi connectivity index (χ0v) is 25.5. The van der Waals surface area contributed by atoms with Crippen LogP contribution < -0.4 is 4.90 Å². The fourth-order valence-corrected chi connectivity index (χ4v) is 7.86. The molecule has 0 aromatic heterocycles. The first-order valence-electron chi connectivity index (χ1n) is 14.8. The first-order valence-corrected chi connectivity index (χ1v) is 16.4. The molecule has 0 unspecified atom stereocenters. The number of halogens is 1. The predicted octanol–water partition coefficient (Wildman–Crippen LogP) is 9.42. The van der Waals surface area contributed by atoms with Gasteiger partial charge in [0.05, 0.1) is 0 Å². The van der Waals surface area contributed by atoms with E-state index in [2.05, 4.69) is 59.4 Å². The van der Waals surface area contributed by atoms with Crippen molar-refractivity contribution in [3.8, 4) is 11.8 Å². The second kappa shape index (κ2) is 13.1. The third-order valence-corrected chi connectivity index (χ3v) is 9.75. The first kappa shape index (κ1) is 28.7. The summed E-state index contributed by atoms with van der Waals surface area (Å²) < 4.78 is 2.52. The van der Waals surface area contributed by atoms with Crippen LogP contribution in [0.2, 0.25) is 5.02 Å². The number of unbranched alkanes of at least 4 members (excludes halogenated alkanes) is 1. The molecule has 1 aromatic rings. The minimum Gasteiger partial charge on any atom is -0.344 e. The van der Waals surface area contributed by atoms with Crippen molar-refractivity contribution in [2.45, 2.75) is 98.3 Å². The predicted molar refractivity (Wildman–Crippen MR) is 164 cm³/mol. The van der Waals surface area contributed by atoms with E-state index < -0.39 is 0 Å². The van der Waals surface area contributed by atoms with Gasteiger partial charge in [0.2, 0.25) is 0 Å². The van der Waals surface area contributed by atoms with E-state index in [1.165, 1.54) is 75.0 Å². The summed E-state index contributed by atoms with van der Waals surface area (Å²) in [5.41, 5.74) is 9.08. The summed E-state index contributed by atoms with van der Waals surface area (Å²) in [6, 6.07) is 4.50. The summed E-state index contributed by atoms with van der Waals surface area (Å²) in [7, 11) is 0. The van der Waals surface area contributed by atoms with Gasteiger partial charge in [-0.1, -0.05) is 81.2 Å². The molecule has 37 heavy (non-hydrogen) atoms. The van der Waals surface area contributed by atoms with Gasteiger partial charge in [-0.25, -0.2) is 4.31 Å². The van der Waals surface area contributed by atoms with Gasteiger partial charge in [0.25, 0.3) is 0 Å². The second-order valence-electron chi connectivity index (χ2n) is 11.2. The zero-order chi connectivity index (χ0) is 26.4. The standard InChI is InChI=1S/C31H41ClN2S.C2H6/c1-4-6-8-25-17-27(18-29(32)28(25)9-7-5-2)34-15-14-26-16-23(12-13-30(26)34)10-11-24-19-31(20-24)21-33(22-31)35-3;1-2/h16-18,24H,4-5,7,9-15,19-22H2,1-3H3;1-2H3. The van der Waals surface area contributed by atoms with E-state index in [1.54, 1.807) is 11.1 Å². The van der Waals surface area contributed by atoms with Crippen LogP contribution in [0.3, 0.4) is 0 Å². The van der Waals surface area contributed by atoms with E-state index in [0.29, 0.717) is 5.41 Å². The topological polar surface area (TPSA) is 6.48 Å². The van der Waals surface area contributed by atoms with Crippen LogP contribution in [-0.2, 0) is 6.42 Å². The third kappa shape index (κ3) is 6.46. The Morgan fingerprint density at radius 2 is 1.86 bits per heavy atom. The average Bonchev–Trinajstić information content (AvgIpc) is 3.29. The quantitative estimate of drug-likeness (QED) is 0.240. The van der Waals surface area contributed by atoms with Crippen LogP contribution in [0.1, 0.15) is 103 Å². The smallest absolute Gasteiger partial charge is 0.0471 e. The number of benzene rings is 1. The van der Waals surface area contributed by atoms with E-state index in [9.17, 15) is 0 Å². The first-order chi connectivity index (χ1) is 18.0. The molecular weight excluding hydrogens is 492 g/mol. The summed E-state index contributed by atoms with van der Waals surface area (Å²) in [6.07, 6.45) is 18.2. The lowest BCUT2D eigenvalue weighted by atomic mass is 9.57. The molecule has 2 aliphatic carbocycles. The molecular formula is C33H47ClN2S. The van der Waals surface area contributed by atoms with Crippen LogP contribution in [0.25, 0.3) is 0 Å². The molecule has 4 heteroatoms. The highest BCUT2D eigenvalue weighted by Crippen LogP contribution is 2.55. The van der Waals surface area contributed by atoms with Crippen LogP contribution in [0.5, 0.6) is 0 Å². The molecule has 1 saturated heterocycles. The van der Waals surface area contributed by atoms with Crippen molar-refractivity contribution >= 4 is 29.2 Å². The fraction of sp³-hybridized carbons (Fsp3) is 0.636. The van der Waals surface area contributed by atoms with Crippen LogP contribution in [0.4, 0.5) is 5.69 Å². The Hall–Kier alpha value is -1.34. The van der Waals surface area contributed by atoms with Crippen molar-refractivity contribution in [1.29, 1.82) is 0 Å². The van der Waals surface area contributed by atoms with Gasteiger partial charge < -0.3 is 4.90 Å². The normalized spacial score (nSPS) is 20.4. The molecule has 0 amide bonds. The minimum atomic E-state index is 0.698. The van der Waals surface area contributed by atoms with E-state index in [1.807, 2.05) is 25.8 Å². The maximum absolute atomic E-state index is 6.84. The Morgan fingerprint density at radius 1 is 1.08 bits per heavy atom. The highest BCUT2D eigenvalue weighted by molar-refractivity contribution is 7.96. The van der Waals surface area contributed by atoms with Gasteiger partial charge in [0, 0.05) is 48.0 Å². The highest BCUT2D eigenvalue weighted by Gasteiger charge is 2.51. The molecule has 2 heterocycles. The van der Waals surface area contributed by atoms with E-state index in [0.717, 1.165) is 48.7 Å². The summed E-state index contributed by atoms with van der Waals surface area (Å²) in [5, 5.41) is 0.892. The maximum Gasteiger partial charge on any atom is 0.0471 e. The fourth-order valence-electron chi connectivity index (χ4n) is 6.74. The Morgan fingerprint density at radius 3 is 2.57 bits per heavy atom. The van der Waals surface area contributed by atoms with Gasteiger partial charge in [0.1, 0.15) is 0 Å². The van der Waals surface area contributed by atoms with Gasteiger partial charge in [-0.15, -0.1) is 0 Å². The van der Waals surface area contributed by atoms with Gasteiger partial charge in [-0.2, -0.15) is 0 Å². The number of hydrogen-bond donors (Lipinski definition) is 0.